The number of nitrogens with zero attached hydrogens (tertiary/aromatic N) is 2. The zero-order valence-corrected chi connectivity index (χ0v) is 13.9. The van der Waals surface area contributed by atoms with Crippen molar-refractivity contribution in [1.29, 1.82) is 0 Å². The number of benzene rings is 1. The third-order valence-corrected chi connectivity index (χ3v) is 4.61. The Balaban J connectivity index is 1.75. The fraction of sp³-hybridized carbons (Fsp3) is 0.263. The maximum Gasteiger partial charge on any atom is 0.257 e. The number of aromatic nitrogens is 3. The van der Waals surface area contributed by atoms with Crippen LogP contribution in [0.3, 0.4) is 0 Å². The van der Waals surface area contributed by atoms with E-state index >= 15 is 0 Å². The van der Waals surface area contributed by atoms with Gasteiger partial charge in [-0.15, -0.1) is 0 Å². The van der Waals surface area contributed by atoms with Crippen molar-refractivity contribution in [2.45, 2.75) is 26.2 Å². The molecule has 0 saturated heterocycles. The Hall–Kier alpha value is -2.82. The van der Waals surface area contributed by atoms with Gasteiger partial charge < -0.3 is 10.3 Å². The number of aromatic amines is 1. The molecule has 1 aromatic carbocycles. The van der Waals surface area contributed by atoms with Crippen molar-refractivity contribution >= 4 is 11.6 Å². The number of carbonyl (C=O) groups excluding carboxylic acids is 1. The lowest BCUT2D eigenvalue weighted by atomic mass is 10.0. The maximum atomic E-state index is 12.9. The lowest BCUT2D eigenvalue weighted by Crippen LogP contribution is -2.13. The minimum Gasteiger partial charge on any atom is -0.364 e. The molecule has 2 aromatic heterocycles. The first-order chi connectivity index (χ1) is 11.6. The number of rotatable bonds is 2. The van der Waals surface area contributed by atoms with Gasteiger partial charge in [-0.05, 0) is 43.4 Å². The minimum absolute atomic E-state index is 0.0969. The van der Waals surface area contributed by atoms with Crippen molar-refractivity contribution in [2.24, 2.45) is 7.05 Å². The molecule has 1 amide bonds. The number of para-hydroxylation sites is 1. The molecule has 0 atom stereocenters. The van der Waals surface area contributed by atoms with Gasteiger partial charge in [0.1, 0.15) is 0 Å². The first kappa shape index (κ1) is 14.8. The molecule has 122 valence electrons. The normalized spacial score (nSPS) is 13.1. The summed E-state index contributed by atoms with van der Waals surface area (Å²) in [6.07, 6.45) is 6.85. The Morgan fingerprint density at radius 1 is 1.29 bits per heavy atom. The molecule has 0 saturated carbocycles. The van der Waals surface area contributed by atoms with Crippen molar-refractivity contribution in [1.82, 2.24) is 14.8 Å². The molecule has 5 nitrogen and oxygen atoms in total. The van der Waals surface area contributed by atoms with Crippen LogP contribution in [0.25, 0.3) is 11.3 Å². The number of H-pyrrole nitrogens is 1. The Morgan fingerprint density at radius 3 is 2.96 bits per heavy atom. The predicted molar refractivity (Wildman–Crippen MR) is 94.2 cm³/mol. The second-order valence-corrected chi connectivity index (χ2v) is 6.36. The van der Waals surface area contributed by atoms with Crippen LogP contribution in [0.2, 0.25) is 0 Å². The van der Waals surface area contributed by atoms with Crippen LogP contribution in [0.15, 0.2) is 36.7 Å². The van der Waals surface area contributed by atoms with E-state index in [4.69, 9.17) is 0 Å². The lowest BCUT2D eigenvalue weighted by molar-refractivity contribution is 0.102. The topological polar surface area (TPSA) is 62.7 Å². The van der Waals surface area contributed by atoms with Crippen molar-refractivity contribution in [3.8, 4) is 11.3 Å². The molecule has 0 spiro atoms. The van der Waals surface area contributed by atoms with Gasteiger partial charge in [0.2, 0.25) is 0 Å². The second-order valence-electron chi connectivity index (χ2n) is 6.36. The molecule has 2 N–H and O–H groups in total. The number of nitrogens with one attached hydrogen (secondary N) is 2. The Morgan fingerprint density at radius 2 is 2.12 bits per heavy atom. The summed E-state index contributed by atoms with van der Waals surface area (Å²) in [5.41, 5.74) is 6.74. The van der Waals surface area contributed by atoms with Gasteiger partial charge in [-0.2, -0.15) is 5.10 Å². The molecule has 0 fully saturated rings. The van der Waals surface area contributed by atoms with Gasteiger partial charge in [0, 0.05) is 36.4 Å². The minimum atomic E-state index is -0.0969. The number of amides is 1. The quantitative estimate of drug-likeness (QED) is 0.759. The molecular weight excluding hydrogens is 300 g/mol. The van der Waals surface area contributed by atoms with E-state index in [1.165, 1.54) is 5.56 Å². The summed E-state index contributed by atoms with van der Waals surface area (Å²) in [5, 5.41) is 7.64. The molecule has 24 heavy (non-hydrogen) atoms. The second kappa shape index (κ2) is 5.67. The third-order valence-electron chi connectivity index (χ3n) is 4.61. The fourth-order valence-corrected chi connectivity index (χ4v) is 3.40. The standard InChI is InChI=1S/C19H20N4O/c1-12-6-3-4-8-15(12)21-19(24)14-10-20-16-9-5-7-13-11-23(2)22-18(13)17(14)16/h3-4,6,8,10-11,20H,5,7,9H2,1-2H3,(H,21,24). The van der Waals surface area contributed by atoms with E-state index in [2.05, 4.69) is 21.6 Å². The van der Waals surface area contributed by atoms with Crippen molar-refractivity contribution in [3.63, 3.8) is 0 Å². The van der Waals surface area contributed by atoms with Crippen LogP contribution in [0.1, 0.15) is 33.6 Å². The van der Waals surface area contributed by atoms with Crippen LogP contribution >= 0.6 is 0 Å². The molecule has 0 bridgehead atoms. The Kier molecular flexibility index (Phi) is 3.49. The van der Waals surface area contributed by atoms with Crippen LogP contribution < -0.4 is 5.32 Å². The number of fused-ring (bicyclic) bond motifs is 3. The van der Waals surface area contributed by atoms with Crippen LogP contribution in [-0.2, 0) is 19.9 Å². The monoisotopic (exact) mass is 320 g/mol. The maximum absolute atomic E-state index is 12.9. The van der Waals surface area contributed by atoms with Gasteiger partial charge in [0.15, 0.2) is 0 Å². The van der Waals surface area contributed by atoms with Crippen LogP contribution in [0, 0.1) is 6.92 Å². The average Bonchev–Trinajstić information content (AvgIpc) is 3.09. The molecule has 4 rings (SSSR count). The van der Waals surface area contributed by atoms with Gasteiger partial charge in [0.05, 0.1) is 11.3 Å². The molecule has 0 unspecified atom stereocenters. The summed E-state index contributed by atoms with van der Waals surface area (Å²) in [6.45, 7) is 1.99. The van der Waals surface area contributed by atoms with Gasteiger partial charge in [0.25, 0.3) is 5.91 Å². The highest BCUT2D eigenvalue weighted by Crippen LogP contribution is 2.34. The molecule has 0 aliphatic heterocycles. The molecule has 3 aromatic rings. The zero-order chi connectivity index (χ0) is 16.7. The third kappa shape index (κ3) is 2.42. The smallest absolute Gasteiger partial charge is 0.257 e. The molecular formula is C19H20N4O. The van der Waals surface area contributed by atoms with Crippen molar-refractivity contribution in [2.75, 3.05) is 5.32 Å². The number of hydrogen-bond acceptors (Lipinski definition) is 2. The highest BCUT2D eigenvalue weighted by Gasteiger charge is 2.25. The average molecular weight is 320 g/mol. The van der Waals surface area contributed by atoms with Crippen molar-refractivity contribution in [3.05, 3.63) is 59.0 Å². The fourth-order valence-electron chi connectivity index (χ4n) is 3.40. The summed E-state index contributed by atoms with van der Waals surface area (Å²) in [6, 6.07) is 7.80. The van der Waals surface area contributed by atoms with E-state index in [-0.39, 0.29) is 5.91 Å². The number of aryl methyl sites for hydroxylation is 4. The molecule has 1 aliphatic rings. The van der Waals surface area contributed by atoms with Crippen molar-refractivity contribution < 1.29 is 4.79 Å². The number of hydrogen-bond donors (Lipinski definition) is 2. The largest absolute Gasteiger partial charge is 0.364 e. The SMILES string of the molecule is Cc1ccccc1NC(=O)c1c[nH]c2c1-c1nn(C)cc1CCC2. The number of anilines is 1. The van der Waals surface area contributed by atoms with Crippen LogP contribution in [0.5, 0.6) is 0 Å². The summed E-state index contributed by atoms with van der Waals surface area (Å²) >= 11 is 0. The summed E-state index contributed by atoms with van der Waals surface area (Å²) in [5.74, 6) is -0.0969. The lowest BCUT2D eigenvalue weighted by Gasteiger charge is -2.09. The van der Waals surface area contributed by atoms with Gasteiger partial charge in [-0.1, -0.05) is 18.2 Å². The molecule has 0 radical (unpaired) electrons. The van der Waals surface area contributed by atoms with Gasteiger partial charge >= 0.3 is 0 Å². The Bertz CT molecular complexity index is 919. The van der Waals surface area contributed by atoms with Crippen LogP contribution in [-0.4, -0.2) is 20.7 Å². The molecule has 1 aliphatic carbocycles. The van der Waals surface area contributed by atoms with E-state index in [0.29, 0.717) is 5.56 Å². The highest BCUT2D eigenvalue weighted by molar-refractivity contribution is 6.09. The zero-order valence-electron chi connectivity index (χ0n) is 13.9. The Labute approximate surface area is 140 Å². The van der Waals surface area contributed by atoms with Gasteiger partial charge in [-0.3, -0.25) is 9.48 Å². The molecule has 5 heteroatoms. The molecule has 2 heterocycles. The predicted octanol–water partition coefficient (Wildman–Crippen LogP) is 3.46. The van der Waals surface area contributed by atoms with Crippen LogP contribution in [0.4, 0.5) is 5.69 Å². The summed E-state index contributed by atoms with van der Waals surface area (Å²) < 4.78 is 1.83. The number of carbonyl (C=O) groups is 1. The van der Waals surface area contributed by atoms with E-state index in [9.17, 15) is 4.79 Å². The first-order valence-electron chi connectivity index (χ1n) is 8.23. The highest BCUT2D eigenvalue weighted by atomic mass is 16.1. The van der Waals surface area contributed by atoms with E-state index in [0.717, 1.165) is 47.5 Å². The summed E-state index contributed by atoms with van der Waals surface area (Å²) in [4.78, 5) is 16.2. The van der Waals surface area contributed by atoms with E-state index in [1.54, 1.807) is 0 Å². The first-order valence-corrected chi connectivity index (χ1v) is 8.23. The van der Waals surface area contributed by atoms with E-state index < -0.39 is 0 Å². The summed E-state index contributed by atoms with van der Waals surface area (Å²) in [7, 11) is 1.92. The van der Waals surface area contributed by atoms with Gasteiger partial charge in [-0.25, -0.2) is 0 Å². The van der Waals surface area contributed by atoms with E-state index in [1.807, 2.05) is 49.1 Å².